The van der Waals surface area contributed by atoms with Crippen molar-refractivity contribution in [3.63, 3.8) is 0 Å². The predicted octanol–water partition coefficient (Wildman–Crippen LogP) is 6.08. The smallest absolute Gasteiger partial charge is 0.331 e. The third kappa shape index (κ3) is 2.62. The zero-order valence-electron chi connectivity index (χ0n) is 14.5. The van der Waals surface area contributed by atoms with E-state index in [1.54, 1.807) is 22.4 Å². The molecule has 2 amide bonds. The van der Waals surface area contributed by atoms with Crippen LogP contribution in [0.3, 0.4) is 0 Å². The average molecular weight is 373 g/mol. The van der Waals surface area contributed by atoms with Gasteiger partial charge < -0.3 is 10.1 Å². The Bertz CT molecular complexity index is 1150. The van der Waals surface area contributed by atoms with Crippen molar-refractivity contribution in [3.05, 3.63) is 71.7 Å². The van der Waals surface area contributed by atoms with Crippen molar-refractivity contribution in [2.45, 2.75) is 6.92 Å². The predicted molar refractivity (Wildman–Crippen MR) is 108 cm³/mol. The molecule has 3 heterocycles. The van der Waals surface area contributed by atoms with Gasteiger partial charge in [0.25, 0.3) is 0 Å². The first kappa shape index (κ1) is 15.8. The van der Waals surface area contributed by atoms with Crippen LogP contribution in [-0.4, -0.2) is 11.0 Å². The number of thiophene rings is 1. The van der Waals surface area contributed by atoms with Crippen LogP contribution in [0, 0.1) is 6.92 Å². The van der Waals surface area contributed by atoms with Crippen molar-refractivity contribution >= 4 is 44.6 Å². The second kappa shape index (κ2) is 6.10. The number of carbonyl (C=O) groups excluding carboxylic acids is 1. The van der Waals surface area contributed by atoms with Crippen LogP contribution in [0.5, 0.6) is 11.5 Å². The van der Waals surface area contributed by atoms with E-state index in [0.717, 1.165) is 37.9 Å². The summed E-state index contributed by atoms with van der Waals surface area (Å²) in [4.78, 5) is 20.9. The number of para-hydroxylation sites is 1. The monoisotopic (exact) mass is 373 g/mol. The third-order valence-electron chi connectivity index (χ3n) is 4.50. The molecule has 1 aliphatic rings. The SMILES string of the molecule is Cc1sc2nccc3c2c1NC(=O)N3c1ccc(Oc2ccccc2)cc1. The number of nitrogens with one attached hydrogen (secondary N) is 1. The number of aryl methyl sites for hydroxylation is 1. The van der Waals surface area contributed by atoms with E-state index in [2.05, 4.69) is 10.3 Å². The summed E-state index contributed by atoms with van der Waals surface area (Å²) in [6, 6.07) is 18.8. The molecule has 2 aromatic heterocycles. The van der Waals surface area contributed by atoms with E-state index in [1.807, 2.05) is 67.6 Å². The van der Waals surface area contributed by atoms with Gasteiger partial charge in [0.05, 0.1) is 22.4 Å². The molecule has 0 atom stereocenters. The Morgan fingerprint density at radius 1 is 1.00 bits per heavy atom. The van der Waals surface area contributed by atoms with E-state index in [9.17, 15) is 4.79 Å². The molecule has 0 bridgehead atoms. The Balaban J connectivity index is 1.53. The number of ether oxygens (including phenoxy) is 1. The number of amides is 2. The average Bonchev–Trinajstić information content (AvgIpc) is 3.00. The van der Waals surface area contributed by atoms with Gasteiger partial charge in [-0.05, 0) is 49.4 Å². The molecule has 132 valence electrons. The zero-order valence-corrected chi connectivity index (χ0v) is 15.3. The third-order valence-corrected chi connectivity index (χ3v) is 5.51. The second-order valence-corrected chi connectivity index (χ2v) is 7.42. The van der Waals surface area contributed by atoms with Gasteiger partial charge in [-0.2, -0.15) is 0 Å². The second-order valence-electron chi connectivity index (χ2n) is 6.22. The number of urea groups is 1. The fourth-order valence-electron chi connectivity index (χ4n) is 3.27. The molecular weight excluding hydrogens is 358 g/mol. The number of nitrogens with zero attached hydrogens (tertiary/aromatic N) is 2. The highest BCUT2D eigenvalue weighted by Crippen LogP contribution is 2.45. The fraction of sp³-hybridized carbons (Fsp3) is 0.0476. The van der Waals surface area contributed by atoms with Gasteiger partial charge in [0.2, 0.25) is 0 Å². The minimum Gasteiger partial charge on any atom is -0.457 e. The van der Waals surface area contributed by atoms with Crippen molar-refractivity contribution in [3.8, 4) is 11.5 Å². The number of benzene rings is 2. The largest absolute Gasteiger partial charge is 0.457 e. The number of carbonyl (C=O) groups is 1. The maximum Gasteiger partial charge on any atom is 0.331 e. The molecule has 27 heavy (non-hydrogen) atoms. The van der Waals surface area contributed by atoms with E-state index in [-0.39, 0.29) is 6.03 Å². The molecule has 0 radical (unpaired) electrons. The topological polar surface area (TPSA) is 54.5 Å². The van der Waals surface area contributed by atoms with Gasteiger partial charge in [-0.1, -0.05) is 18.2 Å². The maximum atomic E-state index is 12.8. The van der Waals surface area contributed by atoms with Crippen LogP contribution >= 0.6 is 11.3 Å². The standard InChI is InChI=1S/C21H15N3O2S/c1-13-19-18-17(11-12-22-20(18)27-13)24(21(25)23-19)14-7-9-16(10-8-14)26-15-5-3-2-4-6-15/h2-12H,1H3,(H,23,25). The molecule has 4 aromatic rings. The highest BCUT2D eigenvalue weighted by molar-refractivity contribution is 7.19. The van der Waals surface area contributed by atoms with Crippen molar-refractivity contribution in [2.24, 2.45) is 0 Å². The van der Waals surface area contributed by atoms with Crippen molar-refractivity contribution < 1.29 is 9.53 Å². The van der Waals surface area contributed by atoms with Crippen LogP contribution in [0.1, 0.15) is 4.88 Å². The van der Waals surface area contributed by atoms with E-state index in [0.29, 0.717) is 5.75 Å². The molecule has 0 fully saturated rings. The lowest BCUT2D eigenvalue weighted by Gasteiger charge is -2.28. The van der Waals surface area contributed by atoms with Gasteiger partial charge in [-0.3, -0.25) is 4.90 Å². The Morgan fingerprint density at radius 3 is 2.52 bits per heavy atom. The Hall–Kier alpha value is -3.38. The summed E-state index contributed by atoms with van der Waals surface area (Å²) in [5, 5.41) is 3.99. The number of anilines is 3. The molecule has 0 unspecified atom stereocenters. The molecule has 5 rings (SSSR count). The van der Waals surface area contributed by atoms with Crippen LogP contribution < -0.4 is 15.0 Å². The first-order valence-electron chi connectivity index (χ1n) is 8.53. The maximum absolute atomic E-state index is 12.8. The number of hydrogen-bond donors (Lipinski definition) is 1. The molecule has 0 spiro atoms. The molecular formula is C21H15N3O2S. The van der Waals surface area contributed by atoms with E-state index in [4.69, 9.17) is 4.74 Å². The molecule has 5 nitrogen and oxygen atoms in total. The van der Waals surface area contributed by atoms with Gasteiger partial charge >= 0.3 is 6.03 Å². The van der Waals surface area contributed by atoms with Crippen LogP contribution in [0.25, 0.3) is 10.2 Å². The van der Waals surface area contributed by atoms with Gasteiger partial charge in [-0.15, -0.1) is 11.3 Å². The summed E-state index contributed by atoms with van der Waals surface area (Å²) in [5.41, 5.74) is 2.48. The first-order valence-corrected chi connectivity index (χ1v) is 9.34. The van der Waals surface area contributed by atoms with E-state index < -0.39 is 0 Å². The van der Waals surface area contributed by atoms with E-state index >= 15 is 0 Å². The highest BCUT2D eigenvalue weighted by Gasteiger charge is 2.29. The summed E-state index contributed by atoms with van der Waals surface area (Å²) < 4.78 is 5.84. The molecule has 0 saturated carbocycles. The van der Waals surface area contributed by atoms with Crippen molar-refractivity contribution in [2.75, 3.05) is 10.2 Å². The minimum absolute atomic E-state index is 0.173. The molecule has 1 N–H and O–H groups in total. The Morgan fingerprint density at radius 2 is 1.74 bits per heavy atom. The van der Waals surface area contributed by atoms with Gasteiger partial charge in [0.1, 0.15) is 16.3 Å². The molecule has 2 aromatic carbocycles. The normalized spacial score (nSPS) is 12.9. The summed E-state index contributed by atoms with van der Waals surface area (Å²) in [7, 11) is 0. The molecule has 0 aliphatic carbocycles. The lowest BCUT2D eigenvalue weighted by molar-refractivity contribution is 0.259. The summed E-state index contributed by atoms with van der Waals surface area (Å²) in [6.45, 7) is 2.00. The van der Waals surface area contributed by atoms with Crippen LogP contribution in [0.4, 0.5) is 21.9 Å². The number of hydrogen-bond acceptors (Lipinski definition) is 4. The quantitative estimate of drug-likeness (QED) is 0.473. The van der Waals surface area contributed by atoms with Gasteiger partial charge in [0, 0.05) is 11.1 Å². The lowest BCUT2D eigenvalue weighted by Crippen LogP contribution is -2.33. The van der Waals surface area contributed by atoms with Crippen LogP contribution in [0.2, 0.25) is 0 Å². The molecule has 1 aliphatic heterocycles. The van der Waals surface area contributed by atoms with Crippen LogP contribution in [0.15, 0.2) is 66.9 Å². The summed E-state index contributed by atoms with van der Waals surface area (Å²) in [5.74, 6) is 1.49. The van der Waals surface area contributed by atoms with Crippen LogP contribution in [-0.2, 0) is 0 Å². The van der Waals surface area contributed by atoms with Crippen molar-refractivity contribution in [1.29, 1.82) is 0 Å². The lowest BCUT2D eigenvalue weighted by atomic mass is 10.1. The fourth-order valence-corrected chi connectivity index (χ4v) is 4.24. The Kier molecular flexibility index (Phi) is 3.58. The van der Waals surface area contributed by atoms with Gasteiger partial charge in [0.15, 0.2) is 0 Å². The van der Waals surface area contributed by atoms with Gasteiger partial charge in [-0.25, -0.2) is 9.78 Å². The van der Waals surface area contributed by atoms with E-state index in [1.165, 1.54) is 0 Å². The summed E-state index contributed by atoms with van der Waals surface area (Å²) >= 11 is 1.59. The number of aromatic nitrogens is 1. The number of rotatable bonds is 3. The molecule has 0 saturated heterocycles. The Labute approximate surface area is 159 Å². The number of pyridine rings is 1. The van der Waals surface area contributed by atoms with Crippen molar-refractivity contribution in [1.82, 2.24) is 4.98 Å². The highest BCUT2D eigenvalue weighted by atomic mass is 32.1. The zero-order chi connectivity index (χ0) is 18.4. The minimum atomic E-state index is -0.173. The molecule has 6 heteroatoms. The first-order chi connectivity index (χ1) is 13.2. The summed E-state index contributed by atoms with van der Waals surface area (Å²) in [6.07, 6.45) is 1.75.